The highest BCUT2D eigenvalue weighted by molar-refractivity contribution is 6.34. The third-order valence-corrected chi connectivity index (χ3v) is 3.77. The highest BCUT2D eigenvalue weighted by Gasteiger charge is 2.07. The summed E-state index contributed by atoms with van der Waals surface area (Å²) in [6.45, 7) is 3.68. The van der Waals surface area contributed by atoms with Crippen LogP contribution in [-0.4, -0.2) is 9.97 Å². The van der Waals surface area contributed by atoms with E-state index in [1.54, 1.807) is 25.1 Å². The van der Waals surface area contributed by atoms with Crippen molar-refractivity contribution in [3.63, 3.8) is 0 Å². The molecule has 21 heavy (non-hydrogen) atoms. The highest BCUT2D eigenvalue weighted by Crippen LogP contribution is 2.27. The second kappa shape index (κ2) is 6.33. The molecule has 6 heteroatoms. The van der Waals surface area contributed by atoms with Crippen molar-refractivity contribution in [1.82, 2.24) is 9.97 Å². The van der Waals surface area contributed by atoms with E-state index >= 15 is 0 Å². The molecule has 0 spiro atoms. The topological polar surface area (TPSA) is 71.8 Å². The summed E-state index contributed by atoms with van der Waals surface area (Å²) in [4.78, 5) is 18.4. The number of benzene rings is 1. The number of aromatic nitrogens is 2. The predicted octanol–water partition coefficient (Wildman–Crippen LogP) is 3.61. The van der Waals surface area contributed by atoms with Crippen LogP contribution < -0.4 is 11.3 Å². The molecule has 0 aliphatic rings. The van der Waals surface area contributed by atoms with E-state index in [2.05, 4.69) is 9.97 Å². The molecule has 2 rings (SSSR count). The van der Waals surface area contributed by atoms with Gasteiger partial charge in [-0.15, -0.1) is 0 Å². The van der Waals surface area contributed by atoms with Crippen LogP contribution in [0, 0.1) is 6.92 Å². The van der Waals surface area contributed by atoms with Crippen LogP contribution in [0.5, 0.6) is 0 Å². The lowest BCUT2D eigenvalue weighted by Gasteiger charge is -2.07. The summed E-state index contributed by atoms with van der Waals surface area (Å²) in [7, 11) is 0. The number of nitrogens with one attached hydrogen (secondary N) is 1. The van der Waals surface area contributed by atoms with Crippen LogP contribution in [0.1, 0.15) is 23.7 Å². The fourth-order valence-electron chi connectivity index (χ4n) is 2.04. The van der Waals surface area contributed by atoms with E-state index in [-0.39, 0.29) is 11.5 Å². The van der Waals surface area contributed by atoms with Gasteiger partial charge in [-0.2, -0.15) is 0 Å². The van der Waals surface area contributed by atoms with Gasteiger partial charge in [0.15, 0.2) is 0 Å². The molecular weight excluding hydrogens is 309 g/mol. The minimum atomic E-state index is -0.221. The summed E-state index contributed by atoms with van der Waals surface area (Å²) in [5.74, 6) is 0.125. The summed E-state index contributed by atoms with van der Waals surface area (Å²) < 4.78 is 0. The monoisotopic (exact) mass is 323 g/mol. The van der Waals surface area contributed by atoms with Crippen molar-refractivity contribution in [3.8, 4) is 0 Å². The maximum Gasteiger partial charge on any atom is 0.256 e. The van der Waals surface area contributed by atoms with E-state index < -0.39 is 0 Å². The van der Waals surface area contributed by atoms with Crippen LogP contribution in [0.25, 0.3) is 5.57 Å². The van der Waals surface area contributed by atoms with Gasteiger partial charge in [0.05, 0.1) is 5.69 Å². The van der Waals surface area contributed by atoms with Crippen molar-refractivity contribution in [2.75, 3.05) is 5.73 Å². The Morgan fingerprint density at radius 3 is 2.81 bits per heavy atom. The Labute approximate surface area is 132 Å². The molecule has 0 aliphatic carbocycles. The molecule has 110 valence electrons. The number of hydrogen-bond donors (Lipinski definition) is 2. The van der Waals surface area contributed by atoms with Crippen molar-refractivity contribution in [3.05, 3.63) is 61.5 Å². The predicted molar refractivity (Wildman–Crippen MR) is 87.8 cm³/mol. The van der Waals surface area contributed by atoms with Gasteiger partial charge < -0.3 is 5.73 Å². The van der Waals surface area contributed by atoms with Crippen LogP contribution in [0.2, 0.25) is 10.0 Å². The van der Waals surface area contributed by atoms with Crippen molar-refractivity contribution in [1.29, 1.82) is 0 Å². The number of nitrogens with two attached hydrogens (primary N) is 1. The number of hydrogen-bond acceptors (Lipinski definition) is 3. The summed E-state index contributed by atoms with van der Waals surface area (Å²) in [6, 6.07) is 5.28. The average molecular weight is 324 g/mol. The quantitative estimate of drug-likeness (QED) is 0.906. The van der Waals surface area contributed by atoms with Gasteiger partial charge in [-0.1, -0.05) is 29.3 Å². The molecule has 0 amide bonds. The van der Waals surface area contributed by atoms with Crippen LogP contribution in [-0.2, 0) is 6.42 Å². The van der Waals surface area contributed by atoms with Gasteiger partial charge in [-0.25, -0.2) is 4.98 Å². The van der Waals surface area contributed by atoms with E-state index in [1.807, 2.05) is 13.0 Å². The smallest absolute Gasteiger partial charge is 0.256 e. The number of aryl methyl sites for hydroxylation is 1. The third kappa shape index (κ3) is 3.65. The van der Waals surface area contributed by atoms with Crippen LogP contribution in [0.4, 0.5) is 5.95 Å². The fourth-order valence-corrected chi connectivity index (χ4v) is 2.48. The first-order valence-electron chi connectivity index (χ1n) is 6.36. The van der Waals surface area contributed by atoms with Gasteiger partial charge in [0, 0.05) is 15.6 Å². The van der Waals surface area contributed by atoms with E-state index in [1.165, 1.54) is 0 Å². The molecule has 1 heterocycles. The van der Waals surface area contributed by atoms with Crippen molar-refractivity contribution in [2.45, 2.75) is 20.3 Å². The lowest BCUT2D eigenvalue weighted by Crippen LogP contribution is -2.18. The number of nitrogen functional groups attached to an aromatic ring is 1. The summed E-state index contributed by atoms with van der Waals surface area (Å²) in [6.07, 6.45) is 2.37. The largest absolute Gasteiger partial charge is 0.369 e. The molecule has 1 aromatic heterocycles. The maximum atomic E-state index is 11.9. The van der Waals surface area contributed by atoms with E-state index in [0.717, 1.165) is 11.1 Å². The Morgan fingerprint density at radius 1 is 1.43 bits per heavy atom. The zero-order valence-corrected chi connectivity index (χ0v) is 13.2. The number of H-pyrrole nitrogens is 1. The molecule has 0 fully saturated rings. The normalized spacial score (nSPS) is 11.7. The SMILES string of the molecule is CC(=CCc1c(C)nc(N)[nH]c1=O)c1cc(Cl)ccc1Cl. The minimum Gasteiger partial charge on any atom is -0.369 e. The van der Waals surface area contributed by atoms with Crippen molar-refractivity contribution < 1.29 is 0 Å². The highest BCUT2D eigenvalue weighted by atomic mass is 35.5. The molecule has 0 aliphatic heterocycles. The van der Waals surface area contributed by atoms with Gasteiger partial charge in [-0.05, 0) is 49.6 Å². The Morgan fingerprint density at radius 2 is 2.14 bits per heavy atom. The third-order valence-electron chi connectivity index (χ3n) is 3.21. The number of halogens is 2. The summed E-state index contributed by atoms with van der Waals surface area (Å²) in [5.41, 5.74) is 8.28. The molecule has 0 saturated carbocycles. The van der Waals surface area contributed by atoms with E-state index in [0.29, 0.717) is 27.7 Å². The van der Waals surface area contributed by atoms with Gasteiger partial charge in [0.25, 0.3) is 5.56 Å². The molecule has 0 radical (unpaired) electrons. The van der Waals surface area contributed by atoms with E-state index in [4.69, 9.17) is 28.9 Å². The molecule has 2 aromatic rings. The molecule has 1 aromatic carbocycles. The van der Waals surface area contributed by atoms with Crippen LogP contribution >= 0.6 is 23.2 Å². The molecule has 0 unspecified atom stereocenters. The molecule has 0 saturated heterocycles. The fraction of sp³-hybridized carbons (Fsp3) is 0.200. The van der Waals surface area contributed by atoms with Crippen molar-refractivity contribution in [2.24, 2.45) is 0 Å². The summed E-state index contributed by atoms with van der Waals surface area (Å²) in [5, 5.41) is 1.24. The number of nitrogens with zero attached hydrogens (tertiary/aromatic N) is 1. The number of aromatic amines is 1. The molecular formula is C15H15Cl2N3O. The second-order valence-corrected chi connectivity index (χ2v) is 5.57. The Balaban J connectivity index is 2.33. The zero-order valence-electron chi connectivity index (χ0n) is 11.7. The number of allylic oxidation sites excluding steroid dienone is 2. The molecule has 0 atom stereocenters. The van der Waals surface area contributed by atoms with Gasteiger partial charge in [0.1, 0.15) is 0 Å². The van der Waals surface area contributed by atoms with Crippen LogP contribution in [0.15, 0.2) is 29.1 Å². The first kappa shape index (κ1) is 15.6. The number of rotatable bonds is 3. The Bertz CT molecular complexity index is 766. The molecule has 0 bridgehead atoms. The Hall–Kier alpha value is -1.78. The minimum absolute atomic E-state index is 0.125. The first-order valence-corrected chi connectivity index (χ1v) is 7.11. The standard InChI is InChI=1S/C15H15Cl2N3O/c1-8(12-7-10(16)4-6-13(12)17)3-5-11-9(2)19-15(18)20-14(11)21/h3-4,6-7H,5H2,1-2H3,(H3,18,19,20,21). The van der Waals surface area contributed by atoms with Crippen LogP contribution in [0.3, 0.4) is 0 Å². The Kier molecular flexibility index (Phi) is 4.70. The second-order valence-electron chi connectivity index (χ2n) is 4.73. The number of anilines is 1. The zero-order chi connectivity index (χ0) is 15.6. The molecule has 4 nitrogen and oxygen atoms in total. The molecule has 3 N–H and O–H groups in total. The lowest BCUT2D eigenvalue weighted by molar-refractivity contribution is 1.00. The van der Waals surface area contributed by atoms with E-state index in [9.17, 15) is 4.79 Å². The van der Waals surface area contributed by atoms with Gasteiger partial charge in [-0.3, -0.25) is 9.78 Å². The van der Waals surface area contributed by atoms with Gasteiger partial charge in [0.2, 0.25) is 5.95 Å². The maximum absolute atomic E-state index is 11.9. The average Bonchev–Trinajstić information content (AvgIpc) is 2.40. The first-order chi connectivity index (χ1) is 9.88. The lowest BCUT2D eigenvalue weighted by atomic mass is 10.0. The summed E-state index contributed by atoms with van der Waals surface area (Å²) >= 11 is 12.1. The van der Waals surface area contributed by atoms with Crippen molar-refractivity contribution >= 4 is 34.7 Å². The van der Waals surface area contributed by atoms with Gasteiger partial charge >= 0.3 is 0 Å².